The number of para-hydroxylation sites is 2. The molecule has 3 aromatic rings. The minimum atomic E-state index is -4.10. The van der Waals surface area contributed by atoms with Crippen molar-refractivity contribution in [3.63, 3.8) is 0 Å². The maximum Gasteiger partial charge on any atom is 0.293 e. The lowest BCUT2D eigenvalue weighted by Crippen LogP contribution is -2.16. The van der Waals surface area contributed by atoms with E-state index in [2.05, 4.69) is 15.4 Å². The number of carbonyl (C=O) groups is 1. The maximum atomic E-state index is 12.9. The lowest BCUT2D eigenvalue weighted by molar-refractivity contribution is -0.384. The molecule has 35 heavy (non-hydrogen) atoms. The molecule has 0 spiro atoms. The van der Waals surface area contributed by atoms with E-state index in [1.165, 1.54) is 31.4 Å². The highest BCUT2D eigenvalue weighted by molar-refractivity contribution is 7.92. The second kappa shape index (κ2) is 9.50. The Kier molecular flexibility index (Phi) is 6.47. The Labute approximate surface area is 200 Å². The van der Waals surface area contributed by atoms with Crippen molar-refractivity contribution in [3.05, 3.63) is 76.3 Å². The number of phenols is 1. The highest BCUT2D eigenvalue weighted by Crippen LogP contribution is 2.33. The Morgan fingerprint density at radius 1 is 1.06 bits per heavy atom. The third-order valence-corrected chi connectivity index (χ3v) is 6.63. The molecule has 4 N–H and O–H groups in total. The normalized spacial score (nSPS) is 13.1. The number of rotatable bonds is 9. The minimum absolute atomic E-state index is 0.0298. The molecule has 4 rings (SSSR count). The van der Waals surface area contributed by atoms with Crippen LogP contribution in [0.3, 0.4) is 0 Å². The van der Waals surface area contributed by atoms with Gasteiger partial charge in [-0.3, -0.25) is 19.6 Å². The molecule has 0 atom stereocenters. The summed E-state index contributed by atoms with van der Waals surface area (Å²) in [6.45, 7) is 0. The third kappa shape index (κ3) is 5.44. The molecule has 0 aliphatic heterocycles. The van der Waals surface area contributed by atoms with Crippen LogP contribution in [0, 0.1) is 10.1 Å². The first-order valence-electron chi connectivity index (χ1n) is 10.5. The largest absolute Gasteiger partial charge is 0.506 e. The summed E-state index contributed by atoms with van der Waals surface area (Å²) >= 11 is 0. The fourth-order valence-corrected chi connectivity index (χ4v) is 4.40. The topological polar surface area (TPSA) is 160 Å². The van der Waals surface area contributed by atoms with Gasteiger partial charge in [0, 0.05) is 17.7 Å². The SMILES string of the molecule is COc1ccccc1NS(=O)(=O)c1ccc(O)c(NC(=O)c2ccc(NC3CC3)c([N+](=O)[O-])c2)c1. The Morgan fingerprint density at radius 2 is 1.80 bits per heavy atom. The number of amides is 1. The molecule has 1 amide bonds. The number of ether oxygens (including phenoxy) is 1. The number of nitro groups is 1. The molecular formula is C23H22N4O7S. The minimum Gasteiger partial charge on any atom is -0.506 e. The van der Waals surface area contributed by atoms with Crippen molar-refractivity contribution >= 4 is 38.7 Å². The standard InChI is InChI=1S/C23H22N4O7S/c1-34-22-5-3-2-4-18(22)26-35(32,33)16-9-11-21(28)19(13-16)25-23(29)14-6-10-17(24-15-7-8-15)20(12-14)27(30)31/h2-6,9-13,15,24,26,28H,7-8H2,1H3,(H,25,29). The number of hydrogen-bond donors (Lipinski definition) is 4. The molecule has 3 aromatic carbocycles. The zero-order valence-electron chi connectivity index (χ0n) is 18.5. The van der Waals surface area contributed by atoms with Crippen LogP contribution < -0.4 is 20.1 Å². The molecule has 1 fully saturated rings. The molecule has 1 aliphatic rings. The number of phenolic OH excluding ortho intramolecular Hbond substituents is 1. The lowest BCUT2D eigenvalue weighted by atomic mass is 10.1. The summed E-state index contributed by atoms with van der Waals surface area (Å²) in [4.78, 5) is 23.4. The number of carbonyl (C=O) groups excluding carboxylic acids is 1. The number of nitrogens with zero attached hydrogens (tertiary/aromatic N) is 1. The van der Waals surface area contributed by atoms with Crippen LogP contribution in [0.4, 0.5) is 22.7 Å². The molecule has 1 aliphatic carbocycles. The predicted octanol–water partition coefficient (Wildman–Crippen LogP) is 3.94. The van der Waals surface area contributed by atoms with Crippen LogP contribution >= 0.6 is 0 Å². The number of sulfonamides is 1. The van der Waals surface area contributed by atoms with E-state index < -0.39 is 20.9 Å². The molecule has 11 nitrogen and oxygen atoms in total. The van der Waals surface area contributed by atoms with Gasteiger partial charge < -0.3 is 20.5 Å². The van der Waals surface area contributed by atoms with Crippen LogP contribution in [0.2, 0.25) is 0 Å². The molecular weight excluding hydrogens is 476 g/mol. The van der Waals surface area contributed by atoms with Gasteiger partial charge >= 0.3 is 0 Å². The summed E-state index contributed by atoms with van der Waals surface area (Å²) in [6.07, 6.45) is 1.84. The lowest BCUT2D eigenvalue weighted by Gasteiger charge is -2.13. The van der Waals surface area contributed by atoms with Gasteiger partial charge in [-0.05, 0) is 55.3 Å². The molecule has 0 aromatic heterocycles. The van der Waals surface area contributed by atoms with Crippen molar-refractivity contribution in [1.82, 2.24) is 0 Å². The van der Waals surface area contributed by atoms with Crippen LogP contribution in [0.5, 0.6) is 11.5 Å². The average molecular weight is 499 g/mol. The number of aromatic hydroxyl groups is 1. The van der Waals surface area contributed by atoms with E-state index in [4.69, 9.17) is 4.74 Å². The molecule has 1 saturated carbocycles. The fourth-order valence-electron chi connectivity index (χ4n) is 3.30. The summed E-state index contributed by atoms with van der Waals surface area (Å²) in [7, 11) is -2.70. The van der Waals surface area contributed by atoms with Crippen LogP contribution in [0.25, 0.3) is 0 Å². The molecule has 0 radical (unpaired) electrons. The molecule has 0 unspecified atom stereocenters. The monoisotopic (exact) mass is 498 g/mol. The van der Waals surface area contributed by atoms with E-state index in [0.29, 0.717) is 11.4 Å². The van der Waals surface area contributed by atoms with Gasteiger partial charge in [0.25, 0.3) is 21.6 Å². The van der Waals surface area contributed by atoms with Crippen molar-refractivity contribution in [2.75, 3.05) is 22.5 Å². The van der Waals surface area contributed by atoms with Gasteiger partial charge in [-0.1, -0.05) is 12.1 Å². The van der Waals surface area contributed by atoms with Gasteiger partial charge in [0.05, 0.1) is 28.3 Å². The number of hydrogen-bond acceptors (Lipinski definition) is 8. The van der Waals surface area contributed by atoms with Crippen molar-refractivity contribution in [3.8, 4) is 11.5 Å². The number of methoxy groups -OCH3 is 1. The van der Waals surface area contributed by atoms with Gasteiger partial charge in [-0.15, -0.1) is 0 Å². The summed E-state index contributed by atoms with van der Waals surface area (Å²) in [6, 6.07) is 14.0. The fraction of sp³-hybridized carbons (Fsp3) is 0.174. The van der Waals surface area contributed by atoms with E-state index in [1.807, 2.05) is 0 Å². The predicted molar refractivity (Wildman–Crippen MR) is 130 cm³/mol. The van der Waals surface area contributed by atoms with E-state index in [-0.39, 0.29) is 39.3 Å². The summed E-state index contributed by atoms with van der Waals surface area (Å²) in [5, 5.41) is 27.1. The highest BCUT2D eigenvalue weighted by atomic mass is 32.2. The second-order valence-corrected chi connectivity index (χ2v) is 9.53. The number of benzene rings is 3. The molecule has 0 heterocycles. The van der Waals surface area contributed by atoms with E-state index >= 15 is 0 Å². The number of nitro benzene ring substituents is 1. The first-order chi connectivity index (χ1) is 16.7. The molecule has 182 valence electrons. The summed E-state index contributed by atoms with van der Waals surface area (Å²) in [5.74, 6) is -0.825. The number of nitrogens with one attached hydrogen (secondary N) is 3. The molecule has 12 heteroatoms. The zero-order chi connectivity index (χ0) is 25.2. The van der Waals surface area contributed by atoms with Crippen LogP contribution in [0.1, 0.15) is 23.2 Å². The third-order valence-electron chi connectivity index (χ3n) is 5.27. The summed E-state index contributed by atoms with van der Waals surface area (Å²) in [5.41, 5.74) is 0.0537. The maximum absolute atomic E-state index is 12.9. The van der Waals surface area contributed by atoms with Crippen LogP contribution in [0.15, 0.2) is 65.6 Å². The van der Waals surface area contributed by atoms with Crippen molar-refractivity contribution < 1.29 is 28.0 Å². The smallest absolute Gasteiger partial charge is 0.293 e. The average Bonchev–Trinajstić information content (AvgIpc) is 3.64. The Bertz CT molecular complexity index is 1400. The Hall–Kier alpha value is -4.32. The van der Waals surface area contributed by atoms with Gasteiger partial charge in [0.15, 0.2) is 0 Å². The van der Waals surface area contributed by atoms with Gasteiger partial charge in [0.2, 0.25) is 0 Å². The van der Waals surface area contributed by atoms with Crippen molar-refractivity contribution in [2.24, 2.45) is 0 Å². The second-order valence-electron chi connectivity index (χ2n) is 7.85. The van der Waals surface area contributed by atoms with Crippen LogP contribution in [-0.4, -0.2) is 37.5 Å². The quantitative estimate of drug-likeness (QED) is 0.196. The van der Waals surface area contributed by atoms with Crippen molar-refractivity contribution in [1.29, 1.82) is 0 Å². The van der Waals surface area contributed by atoms with Gasteiger partial charge in [0.1, 0.15) is 17.2 Å². The first-order valence-corrected chi connectivity index (χ1v) is 12.0. The zero-order valence-corrected chi connectivity index (χ0v) is 19.3. The number of anilines is 3. The highest BCUT2D eigenvalue weighted by Gasteiger charge is 2.26. The van der Waals surface area contributed by atoms with E-state index in [1.54, 1.807) is 18.2 Å². The van der Waals surface area contributed by atoms with E-state index in [9.17, 15) is 28.4 Å². The summed E-state index contributed by atoms with van der Waals surface area (Å²) < 4.78 is 33.4. The Balaban J connectivity index is 1.58. The van der Waals surface area contributed by atoms with Crippen molar-refractivity contribution in [2.45, 2.75) is 23.8 Å². The van der Waals surface area contributed by atoms with Gasteiger partial charge in [-0.2, -0.15) is 0 Å². The van der Waals surface area contributed by atoms with Crippen LogP contribution in [-0.2, 0) is 10.0 Å². The molecule has 0 saturated heterocycles. The Morgan fingerprint density at radius 3 is 2.49 bits per heavy atom. The molecule has 0 bridgehead atoms. The first kappa shape index (κ1) is 23.8. The van der Waals surface area contributed by atoms with Gasteiger partial charge in [-0.25, -0.2) is 8.42 Å². The van der Waals surface area contributed by atoms with E-state index in [0.717, 1.165) is 31.0 Å².